The minimum Gasteiger partial charge on any atom is -0.324 e. The van der Waals surface area contributed by atoms with Crippen LogP contribution in [0.15, 0.2) is 28.9 Å². The van der Waals surface area contributed by atoms with Crippen molar-refractivity contribution < 1.29 is 4.79 Å². The van der Waals surface area contributed by atoms with Crippen molar-refractivity contribution in [2.24, 2.45) is 16.8 Å². The molecule has 0 saturated heterocycles. The lowest BCUT2D eigenvalue weighted by Crippen LogP contribution is -2.27. The zero-order valence-electron chi connectivity index (χ0n) is 7.10. The highest BCUT2D eigenvalue weighted by atomic mass is 16.1. The molecule has 0 fully saturated rings. The van der Waals surface area contributed by atoms with Crippen molar-refractivity contribution in [2.75, 3.05) is 6.54 Å². The number of nitrogens with zero attached hydrogens (tertiary/aromatic N) is 1. The first kappa shape index (κ1) is 8.19. The number of hydrogen-bond donors (Lipinski definition) is 2. The molecule has 1 aliphatic carbocycles. The molecule has 0 bridgehead atoms. The number of allylic oxidation sites excluding steroid dienone is 1. The third-order valence-corrected chi connectivity index (χ3v) is 2.25. The topological polar surface area (TPSA) is 67.5 Å². The summed E-state index contributed by atoms with van der Waals surface area (Å²) in [4.78, 5) is 11.2. The second kappa shape index (κ2) is 3.14. The molecular weight excluding hydrogens is 166 g/mol. The van der Waals surface area contributed by atoms with E-state index < -0.39 is 0 Å². The fourth-order valence-electron chi connectivity index (χ4n) is 1.49. The number of rotatable bonds is 2. The van der Waals surface area contributed by atoms with Gasteiger partial charge in [0.15, 0.2) is 5.78 Å². The van der Waals surface area contributed by atoms with Crippen LogP contribution < -0.4 is 11.2 Å². The quantitative estimate of drug-likeness (QED) is 0.602. The van der Waals surface area contributed by atoms with E-state index in [2.05, 4.69) is 10.5 Å². The number of hydrazone groups is 1. The minimum absolute atomic E-state index is 0.0185. The van der Waals surface area contributed by atoms with E-state index in [0.717, 1.165) is 0 Å². The second-order valence-electron chi connectivity index (χ2n) is 3.12. The number of nitrogens with one attached hydrogen (secondary N) is 1. The maximum Gasteiger partial charge on any atom is 0.176 e. The summed E-state index contributed by atoms with van der Waals surface area (Å²) < 4.78 is 0. The first-order valence-corrected chi connectivity index (χ1v) is 4.23. The first-order chi connectivity index (χ1) is 6.31. The van der Waals surface area contributed by atoms with Gasteiger partial charge in [-0.25, -0.2) is 0 Å². The molecule has 2 aliphatic rings. The summed E-state index contributed by atoms with van der Waals surface area (Å²) in [5.74, 6) is 0.186. The van der Waals surface area contributed by atoms with Crippen LogP contribution in [0.4, 0.5) is 0 Å². The average Bonchev–Trinajstić information content (AvgIpc) is 2.63. The van der Waals surface area contributed by atoms with Crippen molar-refractivity contribution in [3.05, 3.63) is 23.8 Å². The maximum absolute atomic E-state index is 11.2. The highest BCUT2D eigenvalue weighted by molar-refractivity contribution is 6.00. The van der Waals surface area contributed by atoms with Gasteiger partial charge >= 0.3 is 0 Å². The summed E-state index contributed by atoms with van der Waals surface area (Å²) >= 11 is 0. The Labute approximate surface area is 76.2 Å². The molecule has 13 heavy (non-hydrogen) atoms. The Bertz CT molecular complexity index is 317. The molecule has 0 aromatic heterocycles. The summed E-state index contributed by atoms with van der Waals surface area (Å²) in [6.07, 6.45) is 7.46. The van der Waals surface area contributed by atoms with Gasteiger partial charge in [-0.1, -0.05) is 18.2 Å². The summed E-state index contributed by atoms with van der Waals surface area (Å²) in [5, 5.41) is 3.93. The molecule has 0 amide bonds. The van der Waals surface area contributed by atoms with Crippen LogP contribution in [0, 0.1) is 5.92 Å². The molecule has 4 nitrogen and oxygen atoms in total. The number of Topliss-reactive ketones (excluding diaryl/α,β-unsaturated/α-hetero) is 1. The fourth-order valence-corrected chi connectivity index (χ4v) is 1.49. The molecule has 0 aromatic carbocycles. The van der Waals surface area contributed by atoms with Crippen LogP contribution in [-0.4, -0.2) is 24.6 Å². The minimum atomic E-state index is -0.0185. The molecular formula is C9H11N3O. The number of carbonyl (C=O) groups excluding carboxylic acids is 1. The van der Waals surface area contributed by atoms with Gasteiger partial charge in [0, 0.05) is 17.7 Å². The van der Waals surface area contributed by atoms with Crippen LogP contribution in [0.5, 0.6) is 0 Å². The van der Waals surface area contributed by atoms with Gasteiger partial charge < -0.3 is 11.2 Å². The van der Waals surface area contributed by atoms with E-state index in [4.69, 9.17) is 5.73 Å². The summed E-state index contributed by atoms with van der Waals surface area (Å²) in [5.41, 5.74) is 8.89. The molecule has 3 N–H and O–H groups in total. The lowest BCUT2D eigenvalue weighted by Gasteiger charge is -2.16. The van der Waals surface area contributed by atoms with Crippen LogP contribution in [0.3, 0.4) is 0 Å². The Hall–Kier alpha value is -1.42. The molecule has 68 valence electrons. The van der Waals surface area contributed by atoms with Crippen molar-refractivity contribution >= 4 is 12.0 Å². The smallest absolute Gasteiger partial charge is 0.176 e. The number of ketones is 1. The number of fused-ring (bicyclic) bond motifs is 1. The van der Waals surface area contributed by atoms with Gasteiger partial charge in [-0.3, -0.25) is 4.79 Å². The third kappa shape index (κ3) is 1.40. The van der Waals surface area contributed by atoms with E-state index in [-0.39, 0.29) is 24.3 Å². The largest absolute Gasteiger partial charge is 0.324 e. The van der Waals surface area contributed by atoms with E-state index in [1.807, 2.05) is 12.2 Å². The van der Waals surface area contributed by atoms with E-state index in [1.54, 1.807) is 12.3 Å². The predicted molar refractivity (Wildman–Crippen MR) is 50.2 cm³/mol. The van der Waals surface area contributed by atoms with Crippen LogP contribution >= 0.6 is 0 Å². The molecule has 0 aromatic rings. The highest BCUT2D eigenvalue weighted by Gasteiger charge is 2.24. The van der Waals surface area contributed by atoms with Crippen molar-refractivity contribution in [1.29, 1.82) is 0 Å². The summed E-state index contributed by atoms with van der Waals surface area (Å²) in [7, 11) is 0. The number of carbonyl (C=O) groups is 1. The molecule has 4 heteroatoms. The van der Waals surface area contributed by atoms with Gasteiger partial charge in [0.1, 0.15) is 0 Å². The van der Waals surface area contributed by atoms with Crippen molar-refractivity contribution in [3.8, 4) is 0 Å². The zero-order chi connectivity index (χ0) is 9.26. The first-order valence-electron chi connectivity index (χ1n) is 4.23. The van der Waals surface area contributed by atoms with Crippen molar-refractivity contribution in [2.45, 2.75) is 6.04 Å². The Balaban J connectivity index is 2.19. The Kier molecular flexibility index (Phi) is 1.98. The third-order valence-electron chi connectivity index (χ3n) is 2.25. The number of hydrogen-bond acceptors (Lipinski definition) is 4. The van der Waals surface area contributed by atoms with Gasteiger partial charge in [-0.05, 0) is 0 Å². The van der Waals surface area contributed by atoms with E-state index in [0.29, 0.717) is 5.57 Å². The predicted octanol–water partition coefficient (Wildman–Crippen LogP) is -0.416. The van der Waals surface area contributed by atoms with Crippen LogP contribution in [0.25, 0.3) is 0 Å². The molecule has 1 aliphatic heterocycles. The summed E-state index contributed by atoms with van der Waals surface area (Å²) in [6.45, 7) is 0.0676. The summed E-state index contributed by atoms with van der Waals surface area (Å²) in [6, 6.07) is 0.217. The molecule has 2 atom stereocenters. The second-order valence-corrected chi connectivity index (χ2v) is 3.12. The fraction of sp³-hybridized carbons (Fsp3) is 0.333. The monoisotopic (exact) mass is 177 g/mol. The van der Waals surface area contributed by atoms with E-state index in [1.165, 1.54) is 0 Å². The Morgan fingerprint density at radius 2 is 2.54 bits per heavy atom. The van der Waals surface area contributed by atoms with Crippen molar-refractivity contribution in [1.82, 2.24) is 5.43 Å². The number of nitrogens with two attached hydrogens (primary N) is 1. The molecule has 2 unspecified atom stereocenters. The zero-order valence-corrected chi connectivity index (χ0v) is 7.10. The molecule has 1 heterocycles. The molecule has 0 radical (unpaired) electrons. The lowest BCUT2D eigenvalue weighted by molar-refractivity contribution is -0.114. The van der Waals surface area contributed by atoms with Crippen LogP contribution in [0.2, 0.25) is 0 Å². The molecule has 0 spiro atoms. The van der Waals surface area contributed by atoms with Gasteiger partial charge in [0.25, 0.3) is 0 Å². The van der Waals surface area contributed by atoms with E-state index in [9.17, 15) is 4.79 Å². The highest BCUT2D eigenvalue weighted by Crippen LogP contribution is 2.19. The Morgan fingerprint density at radius 3 is 3.31 bits per heavy atom. The molecule has 2 rings (SSSR count). The van der Waals surface area contributed by atoms with Crippen LogP contribution in [-0.2, 0) is 4.79 Å². The van der Waals surface area contributed by atoms with Gasteiger partial charge in [-0.2, -0.15) is 5.10 Å². The SMILES string of the molecule is NCC(=O)C1=CC2C=NNC2C=C1. The van der Waals surface area contributed by atoms with Gasteiger partial charge in [0.05, 0.1) is 12.6 Å². The average molecular weight is 177 g/mol. The van der Waals surface area contributed by atoms with Crippen LogP contribution in [0.1, 0.15) is 0 Å². The molecule has 0 saturated carbocycles. The normalized spacial score (nSPS) is 29.5. The van der Waals surface area contributed by atoms with Gasteiger partial charge in [0.2, 0.25) is 0 Å². The van der Waals surface area contributed by atoms with Gasteiger partial charge in [-0.15, -0.1) is 0 Å². The lowest BCUT2D eigenvalue weighted by atomic mass is 9.92. The standard InChI is InChI=1S/C9H11N3O/c10-4-9(13)6-1-2-8-7(3-6)5-11-12-8/h1-3,5,7-8,12H,4,10H2. The Morgan fingerprint density at radius 1 is 1.69 bits per heavy atom. The maximum atomic E-state index is 11.2. The van der Waals surface area contributed by atoms with Crippen molar-refractivity contribution in [3.63, 3.8) is 0 Å². The van der Waals surface area contributed by atoms with E-state index >= 15 is 0 Å².